The highest BCUT2D eigenvalue weighted by molar-refractivity contribution is 5.81. The molecule has 0 atom stereocenters. The van der Waals surface area contributed by atoms with Crippen molar-refractivity contribution in [1.82, 2.24) is 0 Å². The number of hydrogen-bond donors (Lipinski definition) is 0. The Kier molecular flexibility index (Phi) is 2.81. The average Bonchev–Trinajstić information content (AvgIpc) is 2.05. The Hall–Kier alpha value is -1.37. The van der Waals surface area contributed by atoms with Gasteiger partial charge in [0.05, 0.1) is 0 Å². The van der Waals surface area contributed by atoms with Gasteiger partial charge >= 0.3 is 0 Å². The van der Waals surface area contributed by atoms with Gasteiger partial charge in [0.1, 0.15) is 0 Å². The summed E-state index contributed by atoms with van der Waals surface area (Å²) in [5.74, 6) is 0. The molecule has 12 heavy (non-hydrogen) atoms. The summed E-state index contributed by atoms with van der Waals surface area (Å²) in [4.78, 5) is 10.1. The van der Waals surface area contributed by atoms with Crippen LogP contribution in [0, 0.1) is 6.92 Å². The van der Waals surface area contributed by atoms with E-state index in [4.69, 9.17) is 0 Å². The van der Waals surface area contributed by atoms with Crippen molar-refractivity contribution >= 4 is 11.9 Å². The summed E-state index contributed by atoms with van der Waals surface area (Å²) in [6, 6.07) is 7.97. The van der Waals surface area contributed by atoms with Gasteiger partial charge in [-0.3, -0.25) is 4.79 Å². The van der Waals surface area contributed by atoms with Crippen molar-refractivity contribution in [2.75, 3.05) is 0 Å². The van der Waals surface area contributed by atoms with Crippen LogP contribution in [0.15, 0.2) is 30.3 Å². The topological polar surface area (TPSA) is 17.1 Å². The van der Waals surface area contributed by atoms with E-state index < -0.39 is 0 Å². The third-order valence-electron chi connectivity index (χ3n) is 1.85. The molecule has 0 aliphatic rings. The molecule has 1 heteroatoms. The molecule has 0 amide bonds. The standard InChI is InChI=1S/C11H11O/c1-9-5-3-4-6-11(9)10(2)7-8-12/h3-7H,1-2H3. The minimum absolute atomic E-state index is 0.961. The van der Waals surface area contributed by atoms with Crippen LogP contribution >= 0.6 is 0 Å². The zero-order valence-corrected chi connectivity index (χ0v) is 7.29. The first-order chi connectivity index (χ1) is 5.75. The predicted molar refractivity (Wildman–Crippen MR) is 50.5 cm³/mol. The first-order valence-electron chi connectivity index (χ1n) is 3.86. The van der Waals surface area contributed by atoms with Gasteiger partial charge in [-0.15, -0.1) is 0 Å². The summed E-state index contributed by atoms with van der Waals surface area (Å²) < 4.78 is 0. The molecule has 1 aromatic rings. The smallest absolute Gasteiger partial charge is 0.225 e. The van der Waals surface area contributed by atoms with Gasteiger partial charge in [-0.05, 0) is 36.6 Å². The van der Waals surface area contributed by atoms with Crippen LogP contribution in [-0.4, -0.2) is 6.29 Å². The number of carbonyl (C=O) groups excluding carboxylic acids is 1. The van der Waals surface area contributed by atoms with Crippen LogP contribution in [0.2, 0.25) is 0 Å². The molecule has 0 unspecified atom stereocenters. The second-order valence-corrected chi connectivity index (χ2v) is 2.76. The molecule has 1 aromatic carbocycles. The van der Waals surface area contributed by atoms with Crippen molar-refractivity contribution < 1.29 is 4.79 Å². The molecule has 1 nitrogen and oxygen atoms in total. The minimum atomic E-state index is 0.961. The molecule has 0 saturated heterocycles. The summed E-state index contributed by atoms with van der Waals surface area (Å²) in [6.07, 6.45) is 3.24. The quantitative estimate of drug-likeness (QED) is 0.606. The summed E-state index contributed by atoms with van der Waals surface area (Å²) in [7, 11) is 0. The Morgan fingerprint density at radius 3 is 2.67 bits per heavy atom. The first kappa shape index (κ1) is 8.72. The lowest BCUT2D eigenvalue weighted by Gasteiger charge is -2.03. The summed E-state index contributed by atoms with van der Waals surface area (Å²) in [5.41, 5.74) is 3.26. The summed E-state index contributed by atoms with van der Waals surface area (Å²) in [6.45, 7) is 3.94. The van der Waals surface area contributed by atoms with Crippen molar-refractivity contribution in [3.05, 3.63) is 41.5 Å². The molecule has 0 aliphatic carbocycles. The van der Waals surface area contributed by atoms with E-state index in [1.165, 1.54) is 11.6 Å². The molecule has 1 radical (unpaired) electrons. The predicted octanol–water partition coefficient (Wildman–Crippen LogP) is 2.51. The van der Waals surface area contributed by atoms with E-state index in [1.54, 1.807) is 6.29 Å². The first-order valence-corrected chi connectivity index (χ1v) is 3.86. The van der Waals surface area contributed by atoms with E-state index in [-0.39, 0.29) is 0 Å². The van der Waals surface area contributed by atoms with E-state index in [1.807, 2.05) is 38.1 Å². The van der Waals surface area contributed by atoms with Gasteiger partial charge in [-0.25, -0.2) is 0 Å². The van der Waals surface area contributed by atoms with Crippen LogP contribution in [0.3, 0.4) is 0 Å². The van der Waals surface area contributed by atoms with Crippen LogP contribution in [0.4, 0.5) is 0 Å². The van der Waals surface area contributed by atoms with Crippen LogP contribution in [0.1, 0.15) is 18.1 Å². The van der Waals surface area contributed by atoms with Gasteiger partial charge in [-0.1, -0.05) is 24.3 Å². The molecular weight excluding hydrogens is 148 g/mol. The van der Waals surface area contributed by atoms with Crippen molar-refractivity contribution in [3.8, 4) is 0 Å². The minimum Gasteiger partial charge on any atom is -0.286 e. The molecule has 0 N–H and O–H groups in total. The molecule has 0 saturated carbocycles. The maximum absolute atomic E-state index is 10.1. The molecule has 0 fully saturated rings. The zero-order chi connectivity index (χ0) is 8.97. The molecule has 0 heterocycles. The average molecular weight is 159 g/mol. The van der Waals surface area contributed by atoms with Gasteiger partial charge in [0.15, 0.2) is 0 Å². The van der Waals surface area contributed by atoms with Crippen LogP contribution in [0.25, 0.3) is 5.57 Å². The van der Waals surface area contributed by atoms with Crippen LogP contribution in [-0.2, 0) is 4.79 Å². The Balaban J connectivity index is 3.10. The molecular formula is C11H11O. The highest BCUT2D eigenvalue weighted by Crippen LogP contribution is 2.16. The Bertz CT molecular complexity index is 311. The van der Waals surface area contributed by atoms with E-state index in [0.717, 1.165) is 11.1 Å². The lowest BCUT2D eigenvalue weighted by Crippen LogP contribution is -1.84. The van der Waals surface area contributed by atoms with Gasteiger partial charge < -0.3 is 0 Å². The number of allylic oxidation sites excluding steroid dienone is 2. The van der Waals surface area contributed by atoms with Gasteiger partial charge in [0.25, 0.3) is 0 Å². The van der Waals surface area contributed by atoms with Crippen molar-refractivity contribution in [2.45, 2.75) is 13.8 Å². The zero-order valence-electron chi connectivity index (χ0n) is 7.29. The second-order valence-electron chi connectivity index (χ2n) is 2.76. The fourth-order valence-corrected chi connectivity index (χ4v) is 1.18. The highest BCUT2D eigenvalue weighted by atomic mass is 16.1. The third-order valence-corrected chi connectivity index (χ3v) is 1.85. The van der Waals surface area contributed by atoms with Gasteiger partial charge in [0.2, 0.25) is 6.29 Å². The van der Waals surface area contributed by atoms with E-state index >= 15 is 0 Å². The largest absolute Gasteiger partial charge is 0.286 e. The molecule has 0 bridgehead atoms. The Morgan fingerprint density at radius 2 is 2.08 bits per heavy atom. The fraction of sp³-hybridized carbons (Fsp3) is 0.182. The highest BCUT2D eigenvalue weighted by Gasteiger charge is 1.97. The lowest BCUT2D eigenvalue weighted by molar-refractivity contribution is 0.564. The van der Waals surface area contributed by atoms with Crippen molar-refractivity contribution in [1.29, 1.82) is 0 Å². The lowest BCUT2D eigenvalue weighted by atomic mass is 10.0. The SMILES string of the molecule is CC(=C[C]=O)c1ccccc1C. The molecule has 0 aromatic heterocycles. The number of aryl methyl sites for hydroxylation is 1. The number of hydrogen-bond acceptors (Lipinski definition) is 1. The monoisotopic (exact) mass is 159 g/mol. The number of benzene rings is 1. The van der Waals surface area contributed by atoms with Gasteiger partial charge in [0, 0.05) is 0 Å². The van der Waals surface area contributed by atoms with Gasteiger partial charge in [-0.2, -0.15) is 0 Å². The Labute approximate surface area is 72.7 Å². The normalized spacial score (nSPS) is 11.3. The summed E-state index contributed by atoms with van der Waals surface area (Å²) >= 11 is 0. The van der Waals surface area contributed by atoms with Crippen molar-refractivity contribution in [2.24, 2.45) is 0 Å². The maximum Gasteiger partial charge on any atom is 0.225 e. The fourth-order valence-electron chi connectivity index (χ4n) is 1.18. The third kappa shape index (κ3) is 1.82. The second kappa shape index (κ2) is 3.86. The van der Waals surface area contributed by atoms with Crippen LogP contribution < -0.4 is 0 Å². The van der Waals surface area contributed by atoms with E-state index in [9.17, 15) is 4.79 Å². The summed E-state index contributed by atoms with van der Waals surface area (Å²) in [5, 5.41) is 0. The maximum atomic E-state index is 10.1. The van der Waals surface area contributed by atoms with E-state index in [2.05, 4.69) is 0 Å². The molecule has 61 valence electrons. The Morgan fingerprint density at radius 1 is 1.42 bits per heavy atom. The molecule has 0 aliphatic heterocycles. The molecule has 0 spiro atoms. The molecule has 1 rings (SSSR count). The number of rotatable bonds is 2. The van der Waals surface area contributed by atoms with Crippen molar-refractivity contribution in [3.63, 3.8) is 0 Å². The van der Waals surface area contributed by atoms with E-state index in [0.29, 0.717) is 0 Å². The van der Waals surface area contributed by atoms with Crippen LogP contribution in [0.5, 0.6) is 0 Å².